The summed E-state index contributed by atoms with van der Waals surface area (Å²) >= 11 is 0. The summed E-state index contributed by atoms with van der Waals surface area (Å²) < 4.78 is 0. The molecule has 1 amide bonds. The second-order valence-electron chi connectivity index (χ2n) is 4.61. The summed E-state index contributed by atoms with van der Waals surface area (Å²) in [4.78, 5) is 11.2. The number of aliphatic hydroxyl groups is 1. The molecule has 14 heavy (non-hydrogen) atoms. The Hall–Kier alpha value is -0.610. The molecule has 0 aliphatic carbocycles. The molecule has 3 N–H and O–H groups in total. The van der Waals surface area contributed by atoms with E-state index >= 15 is 0 Å². The van der Waals surface area contributed by atoms with E-state index in [1.807, 2.05) is 20.8 Å². The predicted octanol–water partition coefficient (Wildman–Crippen LogP) is 0.0140. The molecule has 2 unspecified atom stereocenters. The number of carbonyl (C=O) groups excluding carboxylic acids is 1. The van der Waals surface area contributed by atoms with Crippen LogP contribution in [0, 0.1) is 0 Å². The molecule has 1 aliphatic rings. The lowest BCUT2D eigenvalue weighted by Crippen LogP contribution is -2.62. The lowest BCUT2D eigenvalue weighted by atomic mass is 9.86. The quantitative estimate of drug-likeness (QED) is 0.601. The molecule has 4 nitrogen and oxygen atoms in total. The van der Waals surface area contributed by atoms with Gasteiger partial charge >= 0.3 is 0 Å². The summed E-state index contributed by atoms with van der Waals surface area (Å²) in [5.74, 6) is 0.115. The van der Waals surface area contributed by atoms with Crippen molar-refractivity contribution in [3.63, 3.8) is 0 Å². The van der Waals surface area contributed by atoms with Crippen molar-refractivity contribution in [1.29, 1.82) is 0 Å². The molecule has 0 aromatic heterocycles. The van der Waals surface area contributed by atoms with Crippen LogP contribution in [0.5, 0.6) is 0 Å². The number of amides is 1. The zero-order valence-corrected chi connectivity index (χ0v) is 9.13. The van der Waals surface area contributed by atoms with Gasteiger partial charge in [0.2, 0.25) is 5.91 Å². The van der Waals surface area contributed by atoms with E-state index in [0.29, 0.717) is 6.42 Å². The van der Waals surface area contributed by atoms with Gasteiger partial charge in [-0.25, -0.2) is 0 Å². The second kappa shape index (κ2) is 4.28. The van der Waals surface area contributed by atoms with E-state index in [2.05, 4.69) is 10.6 Å². The maximum Gasteiger partial charge on any atom is 0.220 e. The van der Waals surface area contributed by atoms with Crippen LogP contribution in [-0.4, -0.2) is 35.2 Å². The maximum atomic E-state index is 11.2. The highest BCUT2D eigenvalue weighted by atomic mass is 16.3. The van der Waals surface area contributed by atoms with Crippen LogP contribution in [0.25, 0.3) is 0 Å². The number of piperidine rings is 1. The molecular weight excluding hydrogens is 180 g/mol. The molecule has 1 fully saturated rings. The lowest BCUT2D eigenvalue weighted by molar-refractivity contribution is -0.125. The molecule has 0 aromatic rings. The zero-order valence-electron chi connectivity index (χ0n) is 9.13. The first-order chi connectivity index (χ1) is 6.45. The highest BCUT2D eigenvalue weighted by Crippen LogP contribution is 2.19. The minimum atomic E-state index is -0.223. The molecule has 2 atom stereocenters. The van der Waals surface area contributed by atoms with Crippen LogP contribution in [-0.2, 0) is 4.79 Å². The molecule has 0 saturated carbocycles. The van der Waals surface area contributed by atoms with Crippen LogP contribution in [0.3, 0.4) is 0 Å². The molecule has 0 aromatic carbocycles. The number of aliphatic hydroxyl groups excluding tert-OH is 1. The zero-order chi connectivity index (χ0) is 10.8. The van der Waals surface area contributed by atoms with Crippen molar-refractivity contribution in [2.24, 2.45) is 0 Å². The number of nitrogens with one attached hydrogen (secondary N) is 2. The normalized spacial score (nSPS) is 28.3. The first-order valence-corrected chi connectivity index (χ1v) is 5.13. The lowest BCUT2D eigenvalue weighted by Gasteiger charge is -2.41. The highest BCUT2D eigenvalue weighted by Gasteiger charge is 2.35. The molecule has 0 spiro atoms. The Morgan fingerprint density at radius 1 is 1.71 bits per heavy atom. The number of hydrogen-bond donors (Lipinski definition) is 3. The Morgan fingerprint density at radius 3 is 2.86 bits per heavy atom. The van der Waals surface area contributed by atoms with Crippen LogP contribution in [0.15, 0.2) is 0 Å². The van der Waals surface area contributed by atoms with E-state index < -0.39 is 0 Å². The fourth-order valence-electron chi connectivity index (χ4n) is 1.83. The van der Waals surface area contributed by atoms with Crippen LogP contribution in [0.2, 0.25) is 0 Å². The Balaban J connectivity index is 2.55. The molecule has 1 rings (SSSR count). The average Bonchev–Trinajstić information content (AvgIpc) is 2.08. The van der Waals surface area contributed by atoms with Crippen LogP contribution in [0.1, 0.15) is 33.6 Å². The smallest absolute Gasteiger partial charge is 0.220 e. The Bertz CT molecular complexity index is 216. The first-order valence-electron chi connectivity index (χ1n) is 5.13. The van der Waals surface area contributed by atoms with E-state index in [0.717, 1.165) is 6.42 Å². The fraction of sp³-hybridized carbons (Fsp3) is 0.900. The minimum Gasteiger partial charge on any atom is -0.395 e. The van der Waals surface area contributed by atoms with E-state index in [1.165, 1.54) is 0 Å². The average molecular weight is 200 g/mol. The third kappa shape index (κ3) is 2.69. The minimum absolute atomic E-state index is 0.0780. The standard InChI is InChI=1S/C10H20N2O2/c1-7(6-13)11-8-4-5-9(14)12-10(8,2)3/h7-8,11,13H,4-6H2,1-3H3,(H,12,14). The van der Waals surface area contributed by atoms with Crippen LogP contribution in [0.4, 0.5) is 0 Å². The van der Waals surface area contributed by atoms with Crippen LogP contribution >= 0.6 is 0 Å². The Labute approximate surface area is 85.1 Å². The van der Waals surface area contributed by atoms with Crippen molar-refractivity contribution < 1.29 is 9.90 Å². The van der Waals surface area contributed by atoms with Crippen molar-refractivity contribution in [1.82, 2.24) is 10.6 Å². The predicted molar refractivity (Wildman–Crippen MR) is 54.9 cm³/mol. The third-order valence-electron chi connectivity index (χ3n) is 2.75. The van der Waals surface area contributed by atoms with Crippen LogP contribution < -0.4 is 10.6 Å². The number of rotatable bonds is 3. The van der Waals surface area contributed by atoms with Crippen molar-refractivity contribution in [3.05, 3.63) is 0 Å². The topological polar surface area (TPSA) is 61.4 Å². The Kier molecular flexibility index (Phi) is 3.50. The largest absolute Gasteiger partial charge is 0.395 e. The number of hydrogen-bond acceptors (Lipinski definition) is 3. The van der Waals surface area contributed by atoms with E-state index in [9.17, 15) is 4.79 Å². The van der Waals surface area contributed by atoms with Gasteiger partial charge in [0.05, 0.1) is 6.61 Å². The van der Waals surface area contributed by atoms with E-state index in [1.54, 1.807) is 0 Å². The van der Waals surface area contributed by atoms with Gasteiger partial charge in [-0.15, -0.1) is 0 Å². The fourth-order valence-corrected chi connectivity index (χ4v) is 1.83. The van der Waals surface area contributed by atoms with Crippen molar-refractivity contribution in [3.8, 4) is 0 Å². The van der Waals surface area contributed by atoms with Gasteiger partial charge in [0.15, 0.2) is 0 Å². The molecule has 4 heteroatoms. The summed E-state index contributed by atoms with van der Waals surface area (Å²) in [5.41, 5.74) is -0.223. The van der Waals surface area contributed by atoms with Gasteiger partial charge in [-0.05, 0) is 27.2 Å². The van der Waals surface area contributed by atoms with Gasteiger partial charge in [-0.1, -0.05) is 0 Å². The van der Waals surface area contributed by atoms with Gasteiger partial charge in [0, 0.05) is 24.0 Å². The summed E-state index contributed by atoms with van der Waals surface area (Å²) in [5, 5.41) is 15.2. The van der Waals surface area contributed by atoms with Gasteiger partial charge < -0.3 is 15.7 Å². The molecule has 1 aliphatic heterocycles. The van der Waals surface area contributed by atoms with Gasteiger partial charge in [-0.2, -0.15) is 0 Å². The summed E-state index contributed by atoms with van der Waals surface area (Å²) in [6, 6.07) is 0.316. The van der Waals surface area contributed by atoms with E-state index in [-0.39, 0.29) is 30.1 Å². The molecule has 0 bridgehead atoms. The second-order valence-corrected chi connectivity index (χ2v) is 4.61. The number of carbonyl (C=O) groups is 1. The SMILES string of the molecule is CC(CO)NC1CCC(=O)NC1(C)C. The summed E-state index contributed by atoms with van der Waals surface area (Å²) in [6.07, 6.45) is 1.41. The molecule has 82 valence electrons. The van der Waals surface area contributed by atoms with Gasteiger partial charge in [0.25, 0.3) is 0 Å². The summed E-state index contributed by atoms with van der Waals surface area (Å²) in [7, 11) is 0. The van der Waals surface area contributed by atoms with E-state index in [4.69, 9.17) is 5.11 Å². The monoisotopic (exact) mass is 200 g/mol. The van der Waals surface area contributed by atoms with Crippen molar-refractivity contribution in [2.75, 3.05) is 6.61 Å². The molecular formula is C10H20N2O2. The molecule has 1 heterocycles. The highest BCUT2D eigenvalue weighted by molar-refractivity contribution is 5.77. The van der Waals surface area contributed by atoms with Crippen molar-refractivity contribution >= 4 is 5.91 Å². The van der Waals surface area contributed by atoms with Gasteiger partial charge in [-0.3, -0.25) is 4.79 Å². The maximum absolute atomic E-state index is 11.2. The Morgan fingerprint density at radius 2 is 2.36 bits per heavy atom. The van der Waals surface area contributed by atoms with Gasteiger partial charge in [0.1, 0.15) is 0 Å². The van der Waals surface area contributed by atoms with Crippen molar-refractivity contribution in [2.45, 2.75) is 51.2 Å². The third-order valence-corrected chi connectivity index (χ3v) is 2.75. The first kappa shape index (κ1) is 11.5. The molecule has 0 radical (unpaired) electrons. The molecule has 1 saturated heterocycles. The summed E-state index contributed by atoms with van der Waals surface area (Å²) in [6.45, 7) is 6.07.